The second-order valence-electron chi connectivity index (χ2n) is 8.25. The Kier molecular flexibility index (Phi) is 7.36. The molecule has 0 saturated carbocycles. The van der Waals surface area contributed by atoms with E-state index in [2.05, 4.69) is 0 Å². The third kappa shape index (κ3) is 6.47. The fourth-order valence-corrected chi connectivity index (χ4v) is 2.87. The number of hydrogen-bond acceptors (Lipinski definition) is 7. The lowest BCUT2D eigenvalue weighted by atomic mass is 9.92. The Hall–Kier alpha value is -3.03. The molecular weight excluding hydrogens is 400 g/mol. The molecule has 0 atom stereocenters. The van der Waals surface area contributed by atoms with Crippen molar-refractivity contribution >= 4 is 17.5 Å². The molecule has 166 valence electrons. The number of Topliss-reactive ketones (excluding diaryl/α,β-unsaturated/α-hetero) is 2. The highest BCUT2D eigenvalue weighted by Crippen LogP contribution is 2.33. The quantitative estimate of drug-likeness (QED) is 0.358. The van der Waals surface area contributed by atoms with Crippen LogP contribution in [0.15, 0.2) is 42.5 Å². The van der Waals surface area contributed by atoms with E-state index >= 15 is 0 Å². The first-order valence-corrected chi connectivity index (χ1v) is 9.85. The van der Waals surface area contributed by atoms with Crippen molar-refractivity contribution < 1.29 is 34.1 Å². The first kappa shape index (κ1) is 24.2. The van der Waals surface area contributed by atoms with Gasteiger partial charge in [0.1, 0.15) is 30.2 Å². The summed E-state index contributed by atoms with van der Waals surface area (Å²) in [6.45, 7) is 7.15. The van der Waals surface area contributed by atoms with Crippen LogP contribution in [0, 0.1) is 0 Å². The van der Waals surface area contributed by atoms with Gasteiger partial charge in [0.2, 0.25) is 0 Å². The summed E-state index contributed by atoms with van der Waals surface area (Å²) in [7, 11) is 0. The molecule has 2 aromatic carbocycles. The Balaban J connectivity index is 2.42. The van der Waals surface area contributed by atoms with Crippen LogP contribution in [-0.4, -0.2) is 52.2 Å². The smallest absolute Gasteiger partial charge is 0.302 e. The summed E-state index contributed by atoms with van der Waals surface area (Å²) in [4.78, 5) is 35.7. The van der Waals surface area contributed by atoms with Gasteiger partial charge in [0, 0.05) is 23.6 Å². The number of rotatable bonds is 9. The molecule has 0 aromatic heterocycles. The van der Waals surface area contributed by atoms with Crippen LogP contribution in [-0.2, 0) is 9.53 Å². The van der Waals surface area contributed by atoms with Gasteiger partial charge in [-0.2, -0.15) is 0 Å². The van der Waals surface area contributed by atoms with Crippen molar-refractivity contribution in [3.63, 3.8) is 0 Å². The highest BCUT2D eigenvalue weighted by Gasteiger charge is 2.27. The van der Waals surface area contributed by atoms with Crippen LogP contribution < -0.4 is 4.74 Å². The molecule has 0 saturated heterocycles. The van der Waals surface area contributed by atoms with Crippen LogP contribution in [0.3, 0.4) is 0 Å². The molecule has 2 aromatic rings. The molecule has 0 spiro atoms. The van der Waals surface area contributed by atoms with E-state index in [9.17, 15) is 24.6 Å². The van der Waals surface area contributed by atoms with Gasteiger partial charge >= 0.3 is 5.97 Å². The Morgan fingerprint density at radius 3 is 1.84 bits per heavy atom. The van der Waals surface area contributed by atoms with Gasteiger partial charge < -0.3 is 19.7 Å². The van der Waals surface area contributed by atoms with Gasteiger partial charge in [-0.05, 0) is 51.5 Å². The van der Waals surface area contributed by atoms with Crippen molar-refractivity contribution in [2.45, 2.75) is 45.8 Å². The Morgan fingerprint density at radius 2 is 1.32 bits per heavy atom. The second kappa shape index (κ2) is 9.41. The third-order valence-electron chi connectivity index (χ3n) is 4.46. The maximum absolute atomic E-state index is 12.5. The lowest BCUT2D eigenvalue weighted by Crippen LogP contribution is -2.31. The van der Waals surface area contributed by atoms with E-state index in [4.69, 9.17) is 9.47 Å². The average molecular weight is 428 g/mol. The van der Waals surface area contributed by atoms with E-state index in [1.54, 1.807) is 42.5 Å². The molecule has 31 heavy (non-hydrogen) atoms. The van der Waals surface area contributed by atoms with Crippen molar-refractivity contribution in [3.8, 4) is 16.9 Å². The summed E-state index contributed by atoms with van der Waals surface area (Å²) >= 11 is 0. The molecule has 0 heterocycles. The van der Waals surface area contributed by atoms with Crippen molar-refractivity contribution in [2.24, 2.45) is 0 Å². The molecule has 0 amide bonds. The van der Waals surface area contributed by atoms with Crippen molar-refractivity contribution in [3.05, 3.63) is 53.6 Å². The number of carbonyl (C=O) groups is 3. The van der Waals surface area contributed by atoms with Crippen molar-refractivity contribution in [2.75, 3.05) is 13.2 Å². The second-order valence-corrected chi connectivity index (χ2v) is 8.25. The van der Waals surface area contributed by atoms with Gasteiger partial charge in [0.15, 0.2) is 11.6 Å². The Labute approximate surface area is 181 Å². The van der Waals surface area contributed by atoms with Crippen LogP contribution >= 0.6 is 0 Å². The number of carbonyl (C=O) groups excluding carboxylic acids is 3. The minimum Gasteiger partial charge on any atom is -0.489 e. The molecule has 0 bridgehead atoms. The normalized spacial score (nSPS) is 11.7. The van der Waals surface area contributed by atoms with Crippen LogP contribution in [0.2, 0.25) is 0 Å². The summed E-state index contributed by atoms with van der Waals surface area (Å²) in [6, 6.07) is 11.3. The molecule has 0 aliphatic heterocycles. The molecule has 0 radical (unpaired) electrons. The fraction of sp³-hybridized carbons (Fsp3) is 0.375. The fourth-order valence-electron chi connectivity index (χ4n) is 2.87. The monoisotopic (exact) mass is 428 g/mol. The van der Waals surface area contributed by atoms with Gasteiger partial charge in [-0.3, -0.25) is 14.4 Å². The molecule has 0 fully saturated rings. The van der Waals surface area contributed by atoms with Gasteiger partial charge in [-0.15, -0.1) is 0 Å². The molecular formula is C24H28O7. The highest BCUT2D eigenvalue weighted by atomic mass is 16.6. The number of ether oxygens (including phenoxy) is 2. The number of ketones is 2. The van der Waals surface area contributed by atoms with Crippen molar-refractivity contribution in [1.29, 1.82) is 0 Å². The lowest BCUT2D eigenvalue weighted by Gasteiger charge is -2.18. The molecule has 7 heteroatoms. The number of benzene rings is 2. The SMILES string of the molecule is CC(=O)OCCOc1ccc(C(=O)C(C)(C)O)cc1-c1ccc(C(=O)C(C)(C)O)cc1. The number of hydrogen-bond donors (Lipinski definition) is 2. The predicted molar refractivity (Wildman–Crippen MR) is 115 cm³/mol. The first-order valence-electron chi connectivity index (χ1n) is 9.85. The van der Waals surface area contributed by atoms with Crippen LogP contribution in [0.1, 0.15) is 55.3 Å². The van der Waals surface area contributed by atoms with Gasteiger partial charge in [0.05, 0.1) is 0 Å². The van der Waals surface area contributed by atoms with Crippen LogP contribution in [0.5, 0.6) is 5.75 Å². The lowest BCUT2D eigenvalue weighted by molar-refractivity contribution is -0.141. The van der Waals surface area contributed by atoms with E-state index in [1.807, 2.05) is 0 Å². The van der Waals surface area contributed by atoms with E-state index in [0.717, 1.165) is 0 Å². The zero-order valence-corrected chi connectivity index (χ0v) is 18.4. The summed E-state index contributed by atoms with van der Waals surface area (Å²) in [6.07, 6.45) is 0. The van der Waals surface area contributed by atoms with E-state index in [1.165, 1.54) is 34.6 Å². The van der Waals surface area contributed by atoms with E-state index in [-0.39, 0.29) is 13.2 Å². The standard InChI is InChI=1S/C24H28O7/c1-15(25)30-12-13-31-20-11-10-18(22(27)24(4,5)29)14-19(20)16-6-8-17(9-7-16)21(26)23(2,3)28/h6-11,14,28-29H,12-13H2,1-5H3. The van der Waals surface area contributed by atoms with E-state index in [0.29, 0.717) is 28.0 Å². The minimum absolute atomic E-state index is 0.0676. The van der Waals surface area contributed by atoms with Crippen molar-refractivity contribution in [1.82, 2.24) is 0 Å². The minimum atomic E-state index is -1.54. The van der Waals surface area contributed by atoms with Crippen LogP contribution in [0.25, 0.3) is 11.1 Å². The Bertz CT molecular complexity index is 961. The largest absolute Gasteiger partial charge is 0.489 e. The average Bonchev–Trinajstić information content (AvgIpc) is 2.68. The molecule has 0 unspecified atom stereocenters. The number of esters is 1. The van der Waals surface area contributed by atoms with Gasteiger partial charge in [-0.25, -0.2) is 0 Å². The summed E-state index contributed by atoms with van der Waals surface area (Å²) in [5, 5.41) is 20.0. The zero-order valence-electron chi connectivity index (χ0n) is 18.4. The summed E-state index contributed by atoms with van der Waals surface area (Å²) in [5.41, 5.74) is -1.16. The zero-order chi connectivity index (χ0) is 23.4. The molecule has 2 N–H and O–H groups in total. The molecule has 7 nitrogen and oxygen atoms in total. The molecule has 0 aliphatic carbocycles. The molecule has 2 rings (SSSR count). The van der Waals surface area contributed by atoms with Gasteiger partial charge in [0.25, 0.3) is 0 Å². The predicted octanol–water partition coefficient (Wildman–Crippen LogP) is 3.20. The van der Waals surface area contributed by atoms with Crippen LogP contribution in [0.4, 0.5) is 0 Å². The maximum Gasteiger partial charge on any atom is 0.302 e. The topological polar surface area (TPSA) is 110 Å². The van der Waals surface area contributed by atoms with Gasteiger partial charge in [-0.1, -0.05) is 24.3 Å². The maximum atomic E-state index is 12.5. The summed E-state index contributed by atoms with van der Waals surface area (Å²) in [5.74, 6) is -0.833. The third-order valence-corrected chi connectivity index (χ3v) is 4.46. The van der Waals surface area contributed by atoms with E-state index < -0.39 is 28.7 Å². The first-order chi connectivity index (χ1) is 14.3. The Morgan fingerprint density at radius 1 is 0.806 bits per heavy atom. The highest BCUT2D eigenvalue weighted by molar-refractivity contribution is 6.03. The number of aliphatic hydroxyl groups is 2. The molecule has 0 aliphatic rings. The summed E-state index contributed by atoms with van der Waals surface area (Å²) < 4.78 is 10.6.